The van der Waals surface area contributed by atoms with Crippen LogP contribution in [0, 0.1) is 12.3 Å². The molecule has 0 fully saturated rings. The highest BCUT2D eigenvalue weighted by Crippen LogP contribution is 2.30. The first-order chi connectivity index (χ1) is 13.0. The van der Waals surface area contributed by atoms with Crippen molar-refractivity contribution in [2.24, 2.45) is 0 Å². The molecule has 0 spiro atoms. The first kappa shape index (κ1) is 20.6. The zero-order valence-corrected chi connectivity index (χ0v) is 16.0. The number of aliphatic hydroxyl groups excluding tert-OH is 1. The van der Waals surface area contributed by atoms with E-state index in [1.54, 1.807) is 37.4 Å². The number of carbonyl (C=O) groups is 1. The highest BCUT2D eigenvalue weighted by atomic mass is 35.5. The van der Waals surface area contributed by atoms with Crippen LogP contribution < -0.4 is 14.8 Å². The molecule has 6 heteroatoms. The Morgan fingerprint density at radius 1 is 1.22 bits per heavy atom. The minimum atomic E-state index is -1.25. The number of hydrogen-bond acceptors (Lipinski definition) is 4. The van der Waals surface area contributed by atoms with Gasteiger partial charge >= 0.3 is 0 Å². The number of amides is 1. The summed E-state index contributed by atoms with van der Waals surface area (Å²) in [5, 5.41) is 13.5. The number of aliphatic hydroxyl groups is 1. The Bertz CT molecular complexity index is 814. The number of rotatable bonds is 8. The van der Waals surface area contributed by atoms with Gasteiger partial charge < -0.3 is 19.9 Å². The summed E-state index contributed by atoms with van der Waals surface area (Å²) >= 11 is 5.82. The molecule has 142 valence electrons. The molecule has 2 unspecified atom stereocenters. The third-order valence-electron chi connectivity index (χ3n) is 4.08. The monoisotopic (exact) mass is 387 g/mol. The lowest BCUT2D eigenvalue weighted by Gasteiger charge is -2.17. The Kier molecular flexibility index (Phi) is 7.54. The van der Waals surface area contributed by atoms with Crippen molar-refractivity contribution in [3.63, 3.8) is 0 Å². The molecule has 2 aromatic carbocycles. The SMILES string of the molecule is C#CCOc1ccc(C(C)CNC(=O)C(O)c2ccc(Cl)cc2)cc1OC. The van der Waals surface area contributed by atoms with Crippen molar-refractivity contribution in [3.05, 3.63) is 58.6 Å². The number of nitrogens with one attached hydrogen (secondary N) is 1. The van der Waals surface area contributed by atoms with Crippen LogP contribution in [0.25, 0.3) is 0 Å². The Hall–Kier alpha value is -2.68. The minimum absolute atomic E-state index is 0.00181. The predicted octanol–water partition coefficient (Wildman–Crippen LogP) is 3.31. The Morgan fingerprint density at radius 2 is 1.89 bits per heavy atom. The molecule has 0 bridgehead atoms. The third kappa shape index (κ3) is 5.65. The highest BCUT2D eigenvalue weighted by Gasteiger charge is 2.18. The molecule has 1 amide bonds. The number of carbonyl (C=O) groups excluding carboxylic acids is 1. The van der Waals surface area contributed by atoms with E-state index in [-0.39, 0.29) is 12.5 Å². The van der Waals surface area contributed by atoms with Gasteiger partial charge in [-0.3, -0.25) is 4.79 Å². The van der Waals surface area contributed by atoms with E-state index >= 15 is 0 Å². The first-order valence-corrected chi connectivity index (χ1v) is 8.79. The maximum atomic E-state index is 12.2. The molecule has 0 saturated heterocycles. The molecule has 0 aliphatic rings. The molecular formula is C21H22ClNO4. The van der Waals surface area contributed by atoms with Gasteiger partial charge in [0.2, 0.25) is 0 Å². The van der Waals surface area contributed by atoms with Crippen molar-refractivity contribution in [2.75, 3.05) is 20.3 Å². The second-order valence-electron chi connectivity index (χ2n) is 6.00. The molecule has 2 rings (SSSR count). The van der Waals surface area contributed by atoms with Crippen molar-refractivity contribution in [1.82, 2.24) is 5.32 Å². The number of benzene rings is 2. The van der Waals surface area contributed by atoms with Crippen LogP contribution in [-0.4, -0.2) is 31.3 Å². The van der Waals surface area contributed by atoms with Gasteiger partial charge in [0.25, 0.3) is 5.91 Å². The van der Waals surface area contributed by atoms with Crippen molar-refractivity contribution >= 4 is 17.5 Å². The Balaban J connectivity index is 1.98. The lowest BCUT2D eigenvalue weighted by atomic mass is 10.00. The van der Waals surface area contributed by atoms with E-state index < -0.39 is 12.0 Å². The summed E-state index contributed by atoms with van der Waals surface area (Å²) in [7, 11) is 1.55. The lowest BCUT2D eigenvalue weighted by molar-refractivity contribution is -0.129. The summed E-state index contributed by atoms with van der Waals surface area (Å²) in [5.41, 5.74) is 1.45. The molecule has 0 heterocycles. The molecule has 2 N–H and O–H groups in total. The van der Waals surface area contributed by atoms with Crippen molar-refractivity contribution in [2.45, 2.75) is 18.9 Å². The van der Waals surface area contributed by atoms with Crippen molar-refractivity contribution in [1.29, 1.82) is 0 Å². The number of methoxy groups -OCH3 is 1. The number of halogens is 1. The van der Waals surface area contributed by atoms with Gasteiger partial charge in [-0.25, -0.2) is 0 Å². The highest BCUT2D eigenvalue weighted by molar-refractivity contribution is 6.30. The van der Waals surface area contributed by atoms with Gasteiger partial charge in [0, 0.05) is 11.6 Å². The first-order valence-electron chi connectivity index (χ1n) is 8.41. The molecule has 5 nitrogen and oxygen atoms in total. The molecule has 2 atom stereocenters. The zero-order chi connectivity index (χ0) is 19.8. The number of ether oxygens (including phenoxy) is 2. The summed E-state index contributed by atoms with van der Waals surface area (Å²) in [6.45, 7) is 2.48. The fourth-order valence-corrected chi connectivity index (χ4v) is 2.62. The van der Waals surface area contributed by atoms with E-state index in [1.165, 1.54) is 0 Å². The smallest absolute Gasteiger partial charge is 0.253 e. The van der Waals surface area contributed by atoms with Crippen LogP contribution >= 0.6 is 11.6 Å². The van der Waals surface area contributed by atoms with Crippen LogP contribution in [0.4, 0.5) is 0 Å². The molecule has 0 radical (unpaired) electrons. The van der Waals surface area contributed by atoms with Gasteiger partial charge in [0.1, 0.15) is 6.61 Å². The van der Waals surface area contributed by atoms with Gasteiger partial charge in [0.05, 0.1) is 7.11 Å². The molecule has 27 heavy (non-hydrogen) atoms. The molecule has 0 saturated carbocycles. The van der Waals surface area contributed by atoms with Crippen molar-refractivity contribution < 1.29 is 19.4 Å². The quantitative estimate of drug-likeness (QED) is 0.682. The summed E-state index contributed by atoms with van der Waals surface area (Å²) in [6.07, 6.45) is 3.96. The fourth-order valence-electron chi connectivity index (χ4n) is 2.49. The topological polar surface area (TPSA) is 67.8 Å². The average molecular weight is 388 g/mol. The average Bonchev–Trinajstić information content (AvgIpc) is 2.70. The van der Waals surface area contributed by atoms with Gasteiger partial charge in [-0.2, -0.15) is 0 Å². The van der Waals surface area contributed by atoms with Crippen LogP contribution in [0.1, 0.15) is 30.1 Å². The summed E-state index contributed by atoms with van der Waals surface area (Å²) in [6, 6.07) is 12.0. The third-order valence-corrected chi connectivity index (χ3v) is 4.34. The minimum Gasteiger partial charge on any atom is -0.493 e. The van der Waals surface area contributed by atoms with E-state index in [1.807, 2.05) is 19.1 Å². The lowest BCUT2D eigenvalue weighted by Crippen LogP contribution is -2.32. The van der Waals surface area contributed by atoms with Crippen LogP contribution in [0.5, 0.6) is 11.5 Å². The molecular weight excluding hydrogens is 366 g/mol. The maximum absolute atomic E-state index is 12.2. The molecule has 0 aliphatic carbocycles. The largest absolute Gasteiger partial charge is 0.493 e. The van der Waals surface area contributed by atoms with E-state index in [2.05, 4.69) is 11.2 Å². The number of hydrogen-bond donors (Lipinski definition) is 2. The summed E-state index contributed by atoms with van der Waals surface area (Å²) < 4.78 is 10.8. The van der Waals surface area contributed by atoms with Gasteiger partial charge in [0.15, 0.2) is 17.6 Å². The van der Waals surface area contributed by atoms with Crippen LogP contribution in [0.15, 0.2) is 42.5 Å². The van der Waals surface area contributed by atoms with Gasteiger partial charge in [-0.15, -0.1) is 6.42 Å². The van der Waals surface area contributed by atoms with Crippen LogP contribution in [0.3, 0.4) is 0 Å². The normalized spacial score (nSPS) is 12.6. The Labute approximate surface area is 164 Å². The van der Waals surface area contributed by atoms with Gasteiger partial charge in [-0.1, -0.05) is 42.6 Å². The summed E-state index contributed by atoms with van der Waals surface area (Å²) in [5.74, 6) is 3.08. The van der Waals surface area contributed by atoms with E-state index in [0.717, 1.165) is 5.56 Å². The Morgan fingerprint density at radius 3 is 2.52 bits per heavy atom. The predicted molar refractivity (Wildman–Crippen MR) is 105 cm³/mol. The molecule has 2 aromatic rings. The second-order valence-corrected chi connectivity index (χ2v) is 6.44. The maximum Gasteiger partial charge on any atom is 0.253 e. The zero-order valence-electron chi connectivity index (χ0n) is 15.2. The van der Waals surface area contributed by atoms with E-state index in [0.29, 0.717) is 28.6 Å². The molecule has 0 aliphatic heterocycles. The van der Waals surface area contributed by atoms with Crippen molar-refractivity contribution in [3.8, 4) is 23.8 Å². The van der Waals surface area contributed by atoms with E-state index in [4.69, 9.17) is 27.5 Å². The number of terminal acetylenes is 1. The molecule has 0 aromatic heterocycles. The van der Waals surface area contributed by atoms with E-state index in [9.17, 15) is 9.90 Å². The van der Waals surface area contributed by atoms with Crippen LogP contribution in [0.2, 0.25) is 5.02 Å². The standard InChI is InChI=1S/C21H22ClNO4/c1-4-11-27-18-10-7-16(12-19(18)26-3)14(2)13-23-21(25)20(24)15-5-8-17(22)9-6-15/h1,5-10,12,14,20,24H,11,13H2,2-3H3,(H,23,25). The van der Waals surface area contributed by atoms with Gasteiger partial charge in [-0.05, 0) is 41.3 Å². The fraction of sp³-hybridized carbons (Fsp3) is 0.286. The summed E-state index contributed by atoms with van der Waals surface area (Å²) in [4.78, 5) is 12.2. The van der Waals surface area contributed by atoms with Crippen LogP contribution in [-0.2, 0) is 4.79 Å². The second kappa shape index (κ2) is 9.86.